The van der Waals surface area contributed by atoms with Gasteiger partial charge in [-0.05, 0) is 44.2 Å². The molecule has 1 saturated heterocycles. The van der Waals surface area contributed by atoms with E-state index in [1.165, 1.54) is 18.7 Å². The summed E-state index contributed by atoms with van der Waals surface area (Å²) in [5, 5.41) is 0.241. The number of hydrogen-bond acceptors (Lipinski definition) is 5. The summed E-state index contributed by atoms with van der Waals surface area (Å²) < 4.78 is 62.4. The van der Waals surface area contributed by atoms with Crippen LogP contribution in [0.5, 0.6) is 0 Å². The molecule has 12 heteroatoms. The smallest absolute Gasteiger partial charge is 0.368 e. The zero-order valence-electron chi connectivity index (χ0n) is 17.2. The van der Waals surface area contributed by atoms with Crippen LogP contribution in [0.15, 0.2) is 41.6 Å². The number of aromatic nitrogens is 1. The second-order valence-corrected chi connectivity index (χ2v) is 11.0. The second kappa shape index (κ2) is 8.72. The number of rotatable bonds is 4. The summed E-state index contributed by atoms with van der Waals surface area (Å²) in [5.41, 5.74) is -0.244. The Morgan fingerprint density at radius 3 is 2.12 bits per heavy atom. The highest BCUT2D eigenvalue weighted by Crippen LogP contribution is 2.32. The minimum Gasteiger partial charge on any atom is -0.368 e. The van der Waals surface area contributed by atoms with Gasteiger partial charge in [0.1, 0.15) is 0 Å². The van der Waals surface area contributed by atoms with Crippen molar-refractivity contribution in [1.82, 2.24) is 9.88 Å². The number of sulfone groups is 1. The van der Waals surface area contributed by atoms with Crippen LogP contribution in [0, 0.1) is 0 Å². The third-order valence-electron chi connectivity index (χ3n) is 5.36. The number of pyridine rings is 1. The minimum atomic E-state index is -4.64. The van der Waals surface area contributed by atoms with E-state index < -0.39 is 37.3 Å². The monoisotopic (exact) mass is 509 g/mol. The van der Waals surface area contributed by atoms with Crippen LogP contribution in [0.1, 0.15) is 19.4 Å². The molecular weight excluding hydrogens is 490 g/mol. The van der Waals surface area contributed by atoms with E-state index in [9.17, 15) is 26.4 Å². The number of alkyl halides is 3. The average molecular weight is 510 g/mol. The van der Waals surface area contributed by atoms with Gasteiger partial charge in [0, 0.05) is 38.1 Å². The van der Waals surface area contributed by atoms with Crippen LogP contribution in [0.3, 0.4) is 0 Å². The Kier molecular flexibility index (Phi) is 6.70. The summed E-state index contributed by atoms with van der Waals surface area (Å²) in [5.74, 6) is -0.645. The van der Waals surface area contributed by atoms with Gasteiger partial charge in [-0.25, -0.2) is 13.4 Å². The number of carbonyl (C=O) groups is 1. The van der Waals surface area contributed by atoms with E-state index in [0.717, 1.165) is 11.8 Å². The van der Waals surface area contributed by atoms with Crippen LogP contribution in [0.4, 0.5) is 18.9 Å². The van der Waals surface area contributed by atoms with Crippen molar-refractivity contribution in [3.8, 4) is 0 Å². The predicted molar refractivity (Wildman–Crippen MR) is 116 cm³/mol. The van der Waals surface area contributed by atoms with Gasteiger partial charge >= 0.3 is 6.18 Å². The molecule has 3 rings (SSSR count). The molecule has 0 bridgehead atoms. The Morgan fingerprint density at radius 2 is 1.62 bits per heavy atom. The van der Waals surface area contributed by atoms with Gasteiger partial charge in [0.05, 0.1) is 15.6 Å². The van der Waals surface area contributed by atoms with E-state index in [4.69, 9.17) is 23.2 Å². The number of halogens is 5. The maximum absolute atomic E-state index is 13.1. The first kappa shape index (κ1) is 24.6. The van der Waals surface area contributed by atoms with E-state index in [-0.39, 0.29) is 13.1 Å². The van der Waals surface area contributed by atoms with Gasteiger partial charge in [-0.3, -0.25) is 4.79 Å². The summed E-state index contributed by atoms with van der Waals surface area (Å²) in [6, 6.07) is 6.60. The largest absolute Gasteiger partial charge is 0.417 e. The Bertz CT molecular complexity index is 1120. The normalized spacial score (nSPS) is 15.7. The van der Waals surface area contributed by atoms with E-state index in [2.05, 4.69) is 4.98 Å². The molecular formula is C20H20Cl2F3N3O3S. The van der Waals surface area contributed by atoms with Gasteiger partial charge in [-0.15, -0.1) is 0 Å². The average Bonchev–Trinajstić information content (AvgIpc) is 2.74. The van der Waals surface area contributed by atoms with E-state index in [1.807, 2.05) is 4.90 Å². The summed E-state index contributed by atoms with van der Waals surface area (Å²) >= 11 is 12.0. The maximum Gasteiger partial charge on any atom is 0.417 e. The number of piperazine rings is 1. The highest BCUT2D eigenvalue weighted by atomic mass is 35.5. The van der Waals surface area contributed by atoms with E-state index >= 15 is 0 Å². The summed E-state index contributed by atoms with van der Waals surface area (Å²) in [6.07, 6.45) is -4.20. The van der Waals surface area contributed by atoms with Crippen LogP contribution < -0.4 is 4.90 Å². The molecule has 0 unspecified atom stereocenters. The fourth-order valence-electron chi connectivity index (χ4n) is 3.31. The Balaban J connectivity index is 1.74. The maximum atomic E-state index is 13.1. The molecule has 1 aliphatic heterocycles. The highest BCUT2D eigenvalue weighted by molar-refractivity contribution is 7.93. The Morgan fingerprint density at radius 1 is 1.00 bits per heavy atom. The van der Waals surface area contributed by atoms with Crippen LogP contribution >= 0.6 is 23.2 Å². The molecule has 1 aromatic heterocycles. The van der Waals surface area contributed by atoms with Crippen LogP contribution in [0.25, 0.3) is 0 Å². The molecule has 1 aromatic carbocycles. The molecule has 0 aliphatic carbocycles. The minimum absolute atomic E-state index is 0.262. The zero-order chi connectivity index (χ0) is 23.9. The van der Waals surface area contributed by atoms with Gasteiger partial charge in [0.15, 0.2) is 9.77 Å². The third kappa shape index (κ3) is 4.67. The van der Waals surface area contributed by atoms with Crippen molar-refractivity contribution in [3.63, 3.8) is 0 Å². The molecule has 2 aromatic rings. The van der Waals surface area contributed by atoms with Crippen molar-refractivity contribution in [2.24, 2.45) is 0 Å². The van der Waals surface area contributed by atoms with Crippen LogP contribution in [0.2, 0.25) is 10.0 Å². The summed E-state index contributed by atoms with van der Waals surface area (Å²) in [6.45, 7) is 3.87. The SMILES string of the molecule is CC(C)(C(=O)N1CCN(c2ccc(Cl)c(Cl)c2)CC1)S(=O)(=O)c1ccc(C(F)(F)F)cn1. The number of nitrogens with zero attached hydrogens (tertiary/aromatic N) is 3. The number of carbonyl (C=O) groups excluding carboxylic acids is 1. The molecule has 0 spiro atoms. The van der Waals surface area contributed by atoms with Gasteiger partial charge in [0.25, 0.3) is 0 Å². The number of anilines is 1. The number of benzene rings is 1. The Labute approximate surface area is 193 Å². The van der Waals surface area contributed by atoms with Crippen molar-refractivity contribution in [2.75, 3.05) is 31.1 Å². The standard InChI is InChI=1S/C20H20Cl2F3N3O3S/c1-19(2,32(30,31)17-6-3-13(12-26-17)20(23,24)25)18(29)28-9-7-27(8-10-28)14-4-5-15(21)16(22)11-14/h3-6,11-12H,7-10H2,1-2H3. The lowest BCUT2D eigenvalue weighted by Gasteiger charge is -2.39. The lowest BCUT2D eigenvalue weighted by molar-refractivity contribution is -0.138. The molecule has 1 fully saturated rings. The van der Waals surface area contributed by atoms with E-state index in [1.54, 1.807) is 18.2 Å². The first-order valence-corrected chi connectivity index (χ1v) is 11.8. The summed E-state index contributed by atoms with van der Waals surface area (Å²) in [7, 11) is -4.34. The van der Waals surface area contributed by atoms with Crippen molar-refractivity contribution in [2.45, 2.75) is 29.8 Å². The van der Waals surface area contributed by atoms with Crippen LogP contribution in [-0.4, -0.2) is 55.1 Å². The summed E-state index contributed by atoms with van der Waals surface area (Å²) in [4.78, 5) is 20.0. The lowest BCUT2D eigenvalue weighted by atomic mass is 10.1. The first-order chi connectivity index (χ1) is 14.7. The van der Waals surface area contributed by atoms with Gasteiger partial charge in [-0.1, -0.05) is 23.2 Å². The molecule has 0 saturated carbocycles. The second-order valence-electron chi connectivity index (χ2n) is 7.77. The first-order valence-electron chi connectivity index (χ1n) is 9.52. The quantitative estimate of drug-likeness (QED) is 0.614. The number of amides is 1. The molecule has 1 aliphatic rings. The van der Waals surface area contributed by atoms with Crippen molar-refractivity contribution in [1.29, 1.82) is 0 Å². The van der Waals surface area contributed by atoms with Gasteiger partial charge in [0.2, 0.25) is 15.7 Å². The molecule has 0 N–H and O–H groups in total. The third-order valence-corrected chi connectivity index (χ3v) is 8.41. The van der Waals surface area contributed by atoms with Crippen molar-refractivity contribution in [3.05, 3.63) is 52.1 Å². The highest BCUT2D eigenvalue weighted by Gasteiger charge is 2.46. The van der Waals surface area contributed by atoms with Gasteiger partial charge in [-0.2, -0.15) is 13.2 Å². The fraction of sp³-hybridized carbons (Fsp3) is 0.400. The molecule has 32 heavy (non-hydrogen) atoms. The molecule has 2 heterocycles. The van der Waals surface area contributed by atoms with Gasteiger partial charge < -0.3 is 9.80 Å². The molecule has 174 valence electrons. The molecule has 0 radical (unpaired) electrons. The lowest BCUT2D eigenvalue weighted by Crippen LogP contribution is -2.56. The zero-order valence-corrected chi connectivity index (χ0v) is 19.5. The fourth-order valence-corrected chi connectivity index (χ4v) is 4.93. The Hall–Kier alpha value is -2.04. The van der Waals surface area contributed by atoms with Crippen molar-refractivity contribution < 1.29 is 26.4 Å². The molecule has 0 atom stereocenters. The van der Waals surface area contributed by atoms with Crippen molar-refractivity contribution >= 4 is 44.6 Å². The predicted octanol–water partition coefficient (Wildman–Crippen LogP) is 4.31. The molecule has 6 nitrogen and oxygen atoms in total. The van der Waals surface area contributed by atoms with Crippen LogP contribution in [-0.2, 0) is 20.8 Å². The molecule has 1 amide bonds. The van der Waals surface area contributed by atoms with E-state index in [0.29, 0.717) is 35.4 Å². The topological polar surface area (TPSA) is 70.6 Å². The number of hydrogen-bond donors (Lipinski definition) is 0.